The minimum atomic E-state index is -1.78. The Morgan fingerprint density at radius 3 is 1.06 bits per heavy atom. The number of ether oxygens (including phenoxy) is 8. The molecule has 8 aliphatic carbocycles. The molecule has 8 saturated carbocycles. The first kappa shape index (κ1) is 79.1. The third-order valence-electron chi connectivity index (χ3n) is 29.1. The second-order valence-electron chi connectivity index (χ2n) is 34.8. The third-order valence-corrected chi connectivity index (χ3v) is 29.1. The number of hydrogen-bond acceptors (Lipinski definition) is 24. The van der Waals surface area contributed by atoms with E-state index in [9.17, 15) is 81.1 Å². The van der Waals surface area contributed by atoms with Crippen molar-refractivity contribution in [1.29, 1.82) is 0 Å². The monoisotopic (exact) mass is 1450 g/mol. The van der Waals surface area contributed by atoms with Gasteiger partial charge < -0.3 is 120 Å². The van der Waals surface area contributed by atoms with Crippen molar-refractivity contribution in [2.24, 2.45) is 56.2 Å². The lowest BCUT2D eigenvalue weighted by molar-refractivity contribution is -0.378. The minimum absolute atomic E-state index is 0.117. The fourth-order valence-electron chi connectivity index (χ4n) is 23.7. The fourth-order valence-corrected chi connectivity index (χ4v) is 23.7. The molecule has 0 unspecified atom stereocenters. The second kappa shape index (κ2) is 31.1. The molecule has 16 N–H and O–H groups in total. The van der Waals surface area contributed by atoms with E-state index in [4.69, 9.17) is 37.9 Å². The number of amides is 2. The predicted molar refractivity (Wildman–Crippen MR) is 365 cm³/mol. The lowest BCUT2D eigenvalue weighted by Crippen LogP contribution is -2.65. The summed E-state index contributed by atoms with van der Waals surface area (Å²) in [5.41, 5.74) is -1.66. The molecular formula is C76H124N2O24. The summed E-state index contributed by atoms with van der Waals surface area (Å²) < 4.78 is 49.5. The minimum Gasteiger partial charge on any atom is -0.394 e. The summed E-state index contributed by atoms with van der Waals surface area (Å²) in [6, 6.07) is 0. The van der Waals surface area contributed by atoms with Crippen LogP contribution in [-0.4, -0.2) is 257 Å². The number of hydrogen-bond donors (Lipinski definition) is 16. The molecule has 2 amide bonds. The average Bonchev–Trinajstić information content (AvgIpc) is 1.46. The number of fused-ring (bicyclic) bond motifs is 6. The van der Waals surface area contributed by atoms with Crippen molar-refractivity contribution in [3.8, 4) is 0 Å². The van der Waals surface area contributed by atoms with Crippen LogP contribution in [0.2, 0.25) is 0 Å². The van der Waals surface area contributed by atoms with Crippen LogP contribution in [-0.2, 0) is 47.5 Å². The van der Waals surface area contributed by atoms with Crippen LogP contribution in [0.4, 0.5) is 0 Å². The molecule has 0 aromatic carbocycles. The number of aliphatic hydroxyl groups is 14. The first-order valence-corrected chi connectivity index (χ1v) is 38.9. The number of unbranched alkanes of at least 4 members (excludes halogenated alkanes) is 9. The van der Waals surface area contributed by atoms with Gasteiger partial charge >= 0.3 is 0 Å². The van der Waals surface area contributed by atoms with Gasteiger partial charge in [0.1, 0.15) is 97.7 Å². The van der Waals surface area contributed by atoms with Crippen molar-refractivity contribution in [1.82, 2.24) is 10.6 Å². The number of carbonyl (C=O) groups is 2. The van der Waals surface area contributed by atoms with E-state index in [0.717, 1.165) is 140 Å². The van der Waals surface area contributed by atoms with Gasteiger partial charge in [-0.05, 0) is 172 Å². The highest BCUT2D eigenvalue weighted by Crippen LogP contribution is 2.76. The standard InChI is InChI=1S/C76H124N2O24/c1-41-33-73-27-19-47-69(3,49(73)21-29-75(41,39-73)101-65-61(57(89)53(85)45(37-81)97-65)99-63-59(91)55(87)51(83)43(35-79)95-63)23-17-25-71(47,5)67(93)77-31-15-13-11-9-7-8-10-12-14-16-32-78-68(94)72(6)26-18-24-70(4)48(72)20-28-74-34-42(2)76(40-74,30-22-50(70)74)102-66-62(58(90)54(86)46(38-82)98-66)100-64-60(92)56(88)52(84)44(36-80)96-64/h43-66,79-92H,1-2,7-40H2,3-6H3,(H,77,93)(H,78,94)/t43-,44-,45-,46-,47+,48+,49+,50+,51-,52-,53-,54-,55+,56+,57+,58+,59-,60-,61-,62-,63+,64+,65+,66+,69-,70-,71-,72-,73-,74-,75+,76+/m1/s1. The molecule has 0 aromatic rings. The maximum atomic E-state index is 14.5. The van der Waals surface area contributed by atoms with Crippen molar-refractivity contribution in [3.63, 3.8) is 0 Å². The Hall–Kier alpha value is -2.46. The van der Waals surface area contributed by atoms with Crippen LogP contribution in [0.1, 0.15) is 207 Å². The molecule has 12 aliphatic rings. The summed E-state index contributed by atoms with van der Waals surface area (Å²) in [6.07, 6.45) is -5.59. The van der Waals surface area contributed by atoms with Gasteiger partial charge in [-0.3, -0.25) is 9.59 Å². The molecule has 32 atom stereocenters. The van der Waals surface area contributed by atoms with Crippen molar-refractivity contribution in [2.45, 2.75) is 342 Å². The quantitative estimate of drug-likeness (QED) is 0.0319. The van der Waals surface area contributed by atoms with Gasteiger partial charge in [0.2, 0.25) is 11.8 Å². The van der Waals surface area contributed by atoms with Gasteiger partial charge in [-0.25, -0.2) is 0 Å². The maximum absolute atomic E-state index is 14.5. The van der Waals surface area contributed by atoms with E-state index in [0.29, 0.717) is 51.6 Å². The first-order valence-electron chi connectivity index (χ1n) is 38.9. The molecule has 102 heavy (non-hydrogen) atoms. The van der Waals surface area contributed by atoms with Gasteiger partial charge in [-0.15, -0.1) is 0 Å². The molecule has 0 aromatic heterocycles. The second-order valence-corrected chi connectivity index (χ2v) is 34.8. The normalized spacial score (nSPS) is 49.8. The van der Waals surface area contributed by atoms with Crippen LogP contribution >= 0.6 is 0 Å². The number of aliphatic hydroxyl groups excluding tert-OH is 14. The maximum Gasteiger partial charge on any atom is 0.226 e. The van der Waals surface area contributed by atoms with Crippen LogP contribution in [0.5, 0.6) is 0 Å². The number of carbonyl (C=O) groups excluding carboxylic acids is 2. The van der Waals surface area contributed by atoms with Gasteiger partial charge in [-0.1, -0.05) is 105 Å². The molecule has 4 bridgehead atoms. The average molecular weight is 1450 g/mol. The number of nitrogens with one attached hydrogen (secondary N) is 2. The Morgan fingerprint density at radius 2 is 0.716 bits per heavy atom. The van der Waals surface area contributed by atoms with Crippen LogP contribution in [0.3, 0.4) is 0 Å². The predicted octanol–water partition coefficient (Wildman–Crippen LogP) is 2.58. The van der Waals surface area contributed by atoms with Crippen LogP contribution in [0, 0.1) is 56.2 Å². The Balaban J connectivity index is 0.550. The highest BCUT2D eigenvalue weighted by atomic mass is 16.8. The van der Waals surface area contributed by atoms with Gasteiger partial charge in [0, 0.05) is 23.9 Å². The topological polar surface area (TPSA) is 415 Å². The molecule has 12 fully saturated rings. The summed E-state index contributed by atoms with van der Waals surface area (Å²) >= 11 is 0. The summed E-state index contributed by atoms with van der Waals surface area (Å²) in [7, 11) is 0. The van der Waals surface area contributed by atoms with E-state index < -0.39 is 171 Å². The highest BCUT2D eigenvalue weighted by molar-refractivity contribution is 5.83. The summed E-state index contributed by atoms with van der Waals surface area (Å²) in [5, 5.41) is 155. The summed E-state index contributed by atoms with van der Waals surface area (Å²) in [5.74, 6) is 1.24. The zero-order chi connectivity index (χ0) is 73.3. The van der Waals surface area contributed by atoms with E-state index in [2.05, 4.69) is 51.5 Å². The lowest BCUT2D eigenvalue weighted by Gasteiger charge is -2.64. The Kier molecular flexibility index (Phi) is 24.1. The molecule has 12 rings (SSSR count). The zero-order valence-corrected chi connectivity index (χ0v) is 60.7. The number of rotatable bonds is 27. The van der Waals surface area contributed by atoms with Gasteiger partial charge in [0.15, 0.2) is 25.2 Å². The van der Waals surface area contributed by atoms with Crippen molar-refractivity contribution in [3.05, 3.63) is 24.3 Å². The molecular weight excluding hydrogens is 1320 g/mol. The molecule has 2 spiro atoms. The molecule has 4 saturated heterocycles. The van der Waals surface area contributed by atoms with Gasteiger partial charge in [0.05, 0.1) is 37.6 Å². The smallest absolute Gasteiger partial charge is 0.226 e. The van der Waals surface area contributed by atoms with Crippen molar-refractivity contribution >= 4 is 11.8 Å². The summed E-state index contributed by atoms with van der Waals surface area (Å²) in [6.45, 7) is 17.0. The van der Waals surface area contributed by atoms with Crippen molar-refractivity contribution in [2.75, 3.05) is 39.5 Å². The van der Waals surface area contributed by atoms with Crippen LogP contribution < -0.4 is 10.6 Å². The Bertz CT molecular complexity index is 2730. The molecule has 4 aliphatic heterocycles. The van der Waals surface area contributed by atoms with Crippen LogP contribution in [0.15, 0.2) is 24.3 Å². The Morgan fingerprint density at radius 1 is 0.402 bits per heavy atom. The Labute approximate surface area is 600 Å². The zero-order valence-electron chi connectivity index (χ0n) is 60.7. The summed E-state index contributed by atoms with van der Waals surface area (Å²) in [4.78, 5) is 28.9. The van der Waals surface area contributed by atoms with E-state index in [-0.39, 0.29) is 57.1 Å². The highest BCUT2D eigenvalue weighted by Gasteiger charge is 2.71. The van der Waals surface area contributed by atoms with Crippen LogP contribution in [0.25, 0.3) is 0 Å². The largest absolute Gasteiger partial charge is 0.394 e. The molecule has 0 radical (unpaired) electrons. The lowest BCUT2D eigenvalue weighted by atomic mass is 9.40. The van der Waals surface area contributed by atoms with Crippen molar-refractivity contribution < 1.29 is 119 Å². The molecule has 582 valence electrons. The van der Waals surface area contributed by atoms with E-state index in [1.54, 1.807) is 0 Å². The van der Waals surface area contributed by atoms with Gasteiger partial charge in [0.25, 0.3) is 0 Å². The molecule has 4 heterocycles. The van der Waals surface area contributed by atoms with E-state index in [1.165, 1.54) is 12.8 Å². The van der Waals surface area contributed by atoms with E-state index in [1.807, 2.05) is 0 Å². The fraction of sp³-hybridized carbons (Fsp3) is 0.921. The SMILES string of the molecule is C=C1C[C@@]23CC[C@H]4[C@@](C)(CCC[C@@]4(C)C(=O)NCCCCCCCCCCCCNC(=O)[C@]4(C)CCC[C@@]5(C)[C@@H]6CC[C@]7(O[C@@H]8O[C@H](CO)[C@@H](O)[C@H](O)[C@H]8O[C@@H]8O[C@H](CO)[C@@H](O)[C@H](O)[C@H]8O)C[C@@]6(CC[C@@H]54)CC7=C)[C@@H]2CC[C@]1(O[C@@H]1O[C@H](CO)[C@@H](O)[C@H](O)[C@H]1O[C@@H]1O[C@H](CO)[C@@H](O)[C@H](O)[C@H]1O)C3. The van der Waals surface area contributed by atoms with E-state index >= 15 is 0 Å². The molecule has 26 heteroatoms. The molecule has 26 nitrogen and oxygen atoms in total. The first-order chi connectivity index (χ1) is 48.5. The van der Waals surface area contributed by atoms with Gasteiger partial charge in [-0.2, -0.15) is 0 Å². The third kappa shape index (κ3) is 14.0.